The maximum absolute atomic E-state index is 5.48. The molecular weight excluding hydrogens is 196 g/mol. The van der Waals surface area contributed by atoms with Crippen LogP contribution in [0.1, 0.15) is 31.7 Å². The average molecular weight is 220 g/mol. The normalized spacial score (nSPS) is 16.4. The van der Waals surface area contributed by atoms with Crippen molar-refractivity contribution in [2.75, 3.05) is 25.9 Å². The van der Waals surface area contributed by atoms with E-state index in [2.05, 4.69) is 31.0 Å². The predicted octanol–water partition coefficient (Wildman–Crippen LogP) is 2.93. The van der Waals surface area contributed by atoms with Crippen molar-refractivity contribution < 1.29 is 0 Å². The Labute approximate surface area is 99.5 Å². The van der Waals surface area contributed by atoms with Crippen molar-refractivity contribution in [3.05, 3.63) is 29.8 Å². The van der Waals surface area contributed by atoms with Crippen molar-refractivity contribution in [3.63, 3.8) is 0 Å². The first-order chi connectivity index (χ1) is 7.72. The van der Waals surface area contributed by atoms with Gasteiger partial charge < -0.3 is 10.6 Å². The molecule has 0 aromatic heterocycles. The molecule has 0 saturated carbocycles. The van der Waals surface area contributed by atoms with Crippen LogP contribution in [0.15, 0.2) is 24.3 Å². The summed E-state index contributed by atoms with van der Waals surface area (Å²) in [5.74, 6) is 0. The summed E-state index contributed by atoms with van der Waals surface area (Å²) < 4.78 is 0. The maximum atomic E-state index is 5.48. The molecule has 90 valence electrons. The van der Waals surface area contributed by atoms with Gasteiger partial charge in [0.1, 0.15) is 0 Å². The van der Waals surface area contributed by atoms with Gasteiger partial charge in [-0.3, -0.25) is 0 Å². The summed E-state index contributed by atoms with van der Waals surface area (Å²) in [4.78, 5) is 2.39. The van der Waals surface area contributed by atoms with Gasteiger partial charge in [-0.1, -0.05) is 25.5 Å². The molecule has 1 aliphatic heterocycles. The molecule has 0 atom stereocenters. The highest BCUT2D eigenvalue weighted by Crippen LogP contribution is 2.05. The van der Waals surface area contributed by atoms with Gasteiger partial charge in [0.05, 0.1) is 0 Å². The molecule has 0 unspecified atom stereocenters. The summed E-state index contributed by atoms with van der Waals surface area (Å²) >= 11 is 0. The number of nitrogens with zero attached hydrogens (tertiary/aromatic N) is 1. The maximum Gasteiger partial charge on any atom is 0.0314 e. The predicted molar refractivity (Wildman–Crippen MR) is 71.6 cm³/mol. The number of nitrogen functional groups attached to an aromatic ring is 1. The van der Waals surface area contributed by atoms with E-state index in [1.165, 1.54) is 37.9 Å². The van der Waals surface area contributed by atoms with Crippen LogP contribution in [0.5, 0.6) is 0 Å². The first kappa shape index (κ1) is 13.0. The van der Waals surface area contributed by atoms with Gasteiger partial charge in [0, 0.05) is 5.69 Å². The summed E-state index contributed by atoms with van der Waals surface area (Å²) in [6, 6.07) is 7.96. The lowest BCUT2D eigenvalue weighted by Crippen LogP contribution is -2.24. The number of nitrogens with two attached hydrogens (primary N) is 1. The highest BCUT2D eigenvalue weighted by Gasteiger charge is 2.02. The Morgan fingerprint density at radius 2 is 1.62 bits per heavy atom. The number of aryl methyl sites for hydroxylation is 1. The fraction of sp³-hybridized carbons (Fsp3) is 0.571. The number of hydrogen-bond acceptors (Lipinski definition) is 2. The van der Waals surface area contributed by atoms with Crippen molar-refractivity contribution in [3.8, 4) is 0 Å². The van der Waals surface area contributed by atoms with Crippen LogP contribution in [0.2, 0.25) is 0 Å². The van der Waals surface area contributed by atoms with Gasteiger partial charge in [-0.25, -0.2) is 0 Å². The molecule has 1 aliphatic rings. The first-order valence-electron chi connectivity index (χ1n) is 6.25. The Balaban J connectivity index is 0.000000165. The van der Waals surface area contributed by atoms with E-state index in [1.807, 2.05) is 12.1 Å². The van der Waals surface area contributed by atoms with Crippen LogP contribution < -0.4 is 5.73 Å². The third kappa shape index (κ3) is 5.17. The largest absolute Gasteiger partial charge is 0.399 e. The zero-order valence-corrected chi connectivity index (χ0v) is 10.6. The van der Waals surface area contributed by atoms with Gasteiger partial charge in [-0.15, -0.1) is 0 Å². The zero-order chi connectivity index (χ0) is 11.8. The van der Waals surface area contributed by atoms with Crippen LogP contribution >= 0.6 is 0 Å². The molecule has 1 saturated heterocycles. The monoisotopic (exact) mass is 220 g/mol. The summed E-state index contributed by atoms with van der Waals surface area (Å²) in [6.07, 6.45) is 5.36. The number of rotatable bonds is 1. The van der Waals surface area contributed by atoms with Gasteiger partial charge in [0.15, 0.2) is 0 Å². The Morgan fingerprint density at radius 1 is 1.06 bits per heavy atom. The van der Waals surface area contributed by atoms with Crippen molar-refractivity contribution in [2.24, 2.45) is 0 Å². The molecule has 1 fully saturated rings. The van der Waals surface area contributed by atoms with E-state index in [-0.39, 0.29) is 0 Å². The topological polar surface area (TPSA) is 29.3 Å². The van der Waals surface area contributed by atoms with Crippen molar-refractivity contribution in [1.29, 1.82) is 0 Å². The summed E-state index contributed by atoms with van der Waals surface area (Å²) in [6.45, 7) is 4.77. The van der Waals surface area contributed by atoms with E-state index in [9.17, 15) is 0 Å². The lowest BCUT2D eigenvalue weighted by molar-refractivity contribution is 0.277. The minimum absolute atomic E-state index is 0.840. The molecule has 0 spiro atoms. The molecule has 2 N–H and O–H groups in total. The Hall–Kier alpha value is -1.02. The fourth-order valence-electron chi connectivity index (χ4n) is 1.81. The molecule has 1 aromatic rings. The van der Waals surface area contributed by atoms with Gasteiger partial charge in [-0.2, -0.15) is 0 Å². The number of anilines is 1. The van der Waals surface area contributed by atoms with E-state index in [1.54, 1.807) is 0 Å². The molecule has 16 heavy (non-hydrogen) atoms. The number of hydrogen-bond donors (Lipinski definition) is 1. The average Bonchev–Trinajstić information content (AvgIpc) is 2.32. The van der Waals surface area contributed by atoms with Crippen LogP contribution in [-0.4, -0.2) is 25.0 Å². The van der Waals surface area contributed by atoms with Crippen molar-refractivity contribution >= 4 is 5.69 Å². The lowest BCUT2D eigenvalue weighted by atomic mass is 10.1. The molecule has 2 rings (SSSR count). The summed E-state index contributed by atoms with van der Waals surface area (Å²) in [7, 11) is 2.19. The van der Waals surface area contributed by atoms with E-state index < -0.39 is 0 Å². The SMILES string of the molecule is CCc1ccc(N)cc1.CN1CCCCC1. The minimum atomic E-state index is 0.840. The fourth-order valence-corrected chi connectivity index (χ4v) is 1.81. The Morgan fingerprint density at radius 3 is 2.00 bits per heavy atom. The second kappa shape index (κ2) is 7.29. The van der Waals surface area contributed by atoms with Crippen molar-refractivity contribution in [2.45, 2.75) is 32.6 Å². The lowest BCUT2D eigenvalue weighted by Gasteiger charge is -2.20. The molecule has 0 aliphatic carbocycles. The third-order valence-electron chi connectivity index (χ3n) is 2.97. The highest BCUT2D eigenvalue weighted by molar-refractivity contribution is 5.39. The van der Waals surface area contributed by atoms with Crippen molar-refractivity contribution in [1.82, 2.24) is 4.90 Å². The molecule has 0 radical (unpaired) electrons. The molecule has 1 aromatic carbocycles. The van der Waals surface area contributed by atoms with E-state index in [4.69, 9.17) is 5.73 Å². The smallest absolute Gasteiger partial charge is 0.0314 e. The molecule has 2 nitrogen and oxygen atoms in total. The third-order valence-corrected chi connectivity index (χ3v) is 2.97. The van der Waals surface area contributed by atoms with E-state index >= 15 is 0 Å². The number of benzene rings is 1. The van der Waals surface area contributed by atoms with Gasteiger partial charge in [0.2, 0.25) is 0 Å². The Kier molecular flexibility index (Phi) is 5.94. The molecule has 1 heterocycles. The summed E-state index contributed by atoms with van der Waals surface area (Å²) in [5.41, 5.74) is 7.66. The summed E-state index contributed by atoms with van der Waals surface area (Å²) in [5, 5.41) is 0. The molecule has 0 bridgehead atoms. The number of likely N-dealkylation sites (tertiary alicyclic amines) is 1. The number of piperidine rings is 1. The molecule has 0 amide bonds. The van der Waals surface area contributed by atoms with Crippen LogP contribution in [-0.2, 0) is 6.42 Å². The second-order valence-corrected chi connectivity index (χ2v) is 4.46. The Bertz CT molecular complexity index is 273. The van der Waals surface area contributed by atoms with Crippen LogP contribution in [0.3, 0.4) is 0 Å². The van der Waals surface area contributed by atoms with Crippen LogP contribution in [0.25, 0.3) is 0 Å². The first-order valence-corrected chi connectivity index (χ1v) is 6.25. The quantitative estimate of drug-likeness (QED) is 0.737. The van der Waals surface area contributed by atoms with Crippen LogP contribution in [0, 0.1) is 0 Å². The van der Waals surface area contributed by atoms with E-state index in [0.717, 1.165) is 12.1 Å². The second-order valence-electron chi connectivity index (χ2n) is 4.46. The van der Waals surface area contributed by atoms with E-state index in [0.29, 0.717) is 0 Å². The van der Waals surface area contributed by atoms with Gasteiger partial charge in [-0.05, 0) is 57.1 Å². The van der Waals surface area contributed by atoms with Gasteiger partial charge >= 0.3 is 0 Å². The van der Waals surface area contributed by atoms with Crippen LogP contribution in [0.4, 0.5) is 5.69 Å². The highest BCUT2D eigenvalue weighted by atomic mass is 15.1. The minimum Gasteiger partial charge on any atom is -0.399 e. The van der Waals surface area contributed by atoms with Gasteiger partial charge in [0.25, 0.3) is 0 Å². The molecular formula is C14H24N2. The standard InChI is InChI=1S/C8H11N.C6H13N/c1-2-7-3-5-8(9)6-4-7;1-7-5-3-2-4-6-7/h3-6H,2,9H2,1H3;2-6H2,1H3. The molecule has 2 heteroatoms. The zero-order valence-electron chi connectivity index (χ0n) is 10.6.